The molecule has 15 heteroatoms. The standard InChI is InChI=1S/C33H45N7O7S/c1-21(2)15-26(33(47)48-14-13-27(35)41)40-32(46)25(17-23-11-7-4-8-12-23)39-30(44)20-36-29(43)19-37-31(45)24(38-28(42)18-34)16-22-9-5-3-6-10-22/h3-12,21,24-26H,13-20,34H2,1-2H3,(H2,35,41)(H,36,43)(H,37,45)(H,38,42)(H,39,44)(H,40,46)/t24-,25-,26-/m0/s1. The normalized spacial score (nSPS) is 12.6. The lowest BCUT2D eigenvalue weighted by Gasteiger charge is -2.24. The van der Waals surface area contributed by atoms with Crippen LogP contribution >= 0.6 is 11.8 Å². The predicted molar refractivity (Wildman–Crippen MR) is 182 cm³/mol. The minimum Gasteiger partial charge on any atom is -0.370 e. The molecule has 2 aromatic rings. The maximum absolute atomic E-state index is 13.4. The molecule has 2 aromatic carbocycles. The zero-order valence-corrected chi connectivity index (χ0v) is 28.0. The van der Waals surface area contributed by atoms with E-state index in [9.17, 15) is 33.6 Å². The highest BCUT2D eigenvalue weighted by Gasteiger charge is 2.28. The molecule has 3 atom stereocenters. The summed E-state index contributed by atoms with van der Waals surface area (Å²) in [7, 11) is 0. The lowest BCUT2D eigenvalue weighted by Crippen LogP contribution is -2.54. The lowest BCUT2D eigenvalue weighted by atomic mass is 10.0. The molecule has 0 bridgehead atoms. The maximum Gasteiger partial charge on any atom is 0.243 e. The molecule has 0 unspecified atom stereocenters. The molecule has 48 heavy (non-hydrogen) atoms. The lowest BCUT2D eigenvalue weighted by molar-refractivity contribution is -0.131. The number of nitrogens with two attached hydrogens (primary N) is 2. The summed E-state index contributed by atoms with van der Waals surface area (Å²) in [5.41, 5.74) is 12.1. The summed E-state index contributed by atoms with van der Waals surface area (Å²) in [6.45, 7) is 2.50. The Morgan fingerprint density at radius 3 is 1.71 bits per heavy atom. The number of nitrogens with one attached hydrogen (secondary N) is 5. The van der Waals surface area contributed by atoms with Gasteiger partial charge in [0.15, 0.2) is 0 Å². The molecule has 0 saturated carbocycles. The van der Waals surface area contributed by atoms with Gasteiger partial charge in [-0.15, -0.1) is 0 Å². The van der Waals surface area contributed by atoms with Gasteiger partial charge in [-0.3, -0.25) is 33.6 Å². The van der Waals surface area contributed by atoms with Crippen molar-refractivity contribution in [3.63, 3.8) is 0 Å². The summed E-state index contributed by atoms with van der Waals surface area (Å²) < 4.78 is 0. The number of rotatable bonds is 20. The first kappa shape index (κ1) is 39.4. The molecule has 0 saturated heterocycles. The Kier molecular flexibility index (Phi) is 17.4. The third-order valence-electron chi connectivity index (χ3n) is 6.82. The Morgan fingerprint density at radius 2 is 1.19 bits per heavy atom. The Balaban J connectivity index is 2.00. The van der Waals surface area contributed by atoms with Crippen LogP contribution in [0.5, 0.6) is 0 Å². The van der Waals surface area contributed by atoms with Gasteiger partial charge in [0.25, 0.3) is 0 Å². The predicted octanol–water partition coefficient (Wildman–Crippen LogP) is -0.701. The molecule has 0 aromatic heterocycles. The quantitative estimate of drug-likeness (QED) is 0.0934. The molecule has 14 nitrogen and oxygen atoms in total. The third-order valence-corrected chi connectivity index (χ3v) is 7.80. The highest BCUT2D eigenvalue weighted by atomic mass is 32.2. The Hall–Kier alpha value is -4.76. The summed E-state index contributed by atoms with van der Waals surface area (Å²) in [5, 5.41) is 12.4. The number of carbonyl (C=O) groups excluding carboxylic acids is 7. The van der Waals surface area contributed by atoms with E-state index in [2.05, 4.69) is 26.6 Å². The summed E-state index contributed by atoms with van der Waals surface area (Å²) in [6, 6.07) is 15.0. The number of hydrogen-bond donors (Lipinski definition) is 7. The van der Waals surface area contributed by atoms with E-state index in [1.807, 2.05) is 26.0 Å². The number of amides is 6. The second-order valence-corrected chi connectivity index (χ2v) is 12.5. The zero-order valence-electron chi connectivity index (χ0n) is 27.2. The van der Waals surface area contributed by atoms with E-state index in [0.29, 0.717) is 6.42 Å². The van der Waals surface area contributed by atoms with Gasteiger partial charge in [0.2, 0.25) is 40.6 Å². The molecule has 260 valence electrons. The largest absolute Gasteiger partial charge is 0.370 e. The first-order valence-corrected chi connectivity index (χ1v) is 16.5. The summed E-state index contributed by atoms with van der Waals surface area (Å²) in [6.07, 6.45) is 0.629. The molecule has 0 radical (unpaired) electrons. The molecular weight excluding hydrogens is 638 g/mol. The topological polar surface area (TPSA) is 232 Å². The van der Waals surface area contributed by atoms with Gasteiger partial charge in [0, 0.05) is 25.0 Å². The van der Waals surface area contributed by atoms with E-state index in [1.54, 1.807) is 48.5 Å². The van der Waals surface area contributed by atoms with E-state index in [1.165, 1.54) is 0 Å². The van der Waals surface area contributed by atoms with Gasteiger partial charge in [-0.05, 0) is 23.5 Å². The number of thioether (sulfide) groups is 1. The Morgan fingerprint density at radius 1 is 0.667 bits per heavy atom. The molecule has 0 aliphatic carbocycles. The molecule has 9 N–H and O–H groups in total. The number of carbonyl (C=O) groups is 7. The second kappa shape index (κ2) is 21.2. The monoisotopic (exact) mass is 683 g/mol. The van der Waals surface area contributed by atoms with Crippen LogP contribution in [0.1, 0.15) is 37.8 Å². The molecule has 0 aliphatic rings. The van der Waals surface area contributed by atoms with Gasteiger partial charge in [-0.25, -0.2) is 0 Å². The fraction of sp³-hybridized carbons (Fsp3) is 0.424. The number of hydrogen-bond acceptors (Lipinski definition) is 9. The first-order chi connectivity index (χ1) is 22.9. The van der Waals surface area contributed by atoms with Crippen molar-refractivity contribution in [1.82, 2.24) is 26.6 Å². The minimum absolute atomic E-state index is 0.0138. The van der Waals surface area contributed by atoms with Crippen LogP contribution in [0, 0.1) is 5.92 Å². The van der Waals surface area contributed by atoms with Crippen molar-refractivity contribution in [3.8, 4) is 0 Å². The molecule has 0 spiro atoms. The van der Waals surface area contributed by atoms with Crippen molar-refractivity contribution in [2.45, 2.75) is 57.7 Å². The smallest absolute Gasteiger partial charge is 0.243 e. The highest BCUT2D eigenvalue weighted by Crippen LogP contribution is 2.15. The SMILES string of the molecule is CC(C)C[C@H](NC(=O)[C@H](Cc1ccccc1)NC(=O)CNC(=O)CNC(=O)[C@H](Cc1ccccc1)NC(=O)CN)C(=O)SCCC(N)=O. The molecular formula is C33H45N7O7S. The van der Waals surface area contributed by atoms with Crippen LogP contribution in [0.15, 0.2) is 60.7 Å². The van der Waals surface area contributed by atoms with Gasteiger partial charge >= 0.3 is 0 Å². The Labute approximate surface area is 284 Å². The van der Waals surface area contributed by atoms with Crippen LogP contribution in [0.3, 0.4) is 0 Å². The van der Waals surface area contributed by atoms with Crippen molar-refractivity contribution in [2.24, 2.45) is 17.4 Å². The minimum atomic E-state index is -1.08. The van der Waals surface area contributed by atoms with Crippen LogP contribution in [-0.2, 0) is 46.4 Å². The van der Waals surface area contributed by atoms with Crippen molar-refractivity contribution in [3.05, 3.63) is 71.8 Å². The number of primary amides is 1. The summed E-state index contributed by atoms with van der Waals surface area (Å²) >= 11 is 0.905. The average molecular weight is 684 g/mol. The van der Waals surface area contributed by atoms with Crippen molar-refractivity contribution >= 4 is 52.3 Å². The molecule has 2 rings (SSSR count). The van der Waals surface area contributed by atoms with Crippen LogP contribution < -0.4 is 38.1 Å². The number of benzene rings is 2. The van der Waals surface area contributed by atoms with Crippen molar-refractivity contribution in [2.75, 3.05) is 25.4 Å². The van der Waals surface area contributed by atoms with Gasteiger partial charge in [0.05, 0.1) is 25.7 Å². The summed E-state index contributed by atoms with van der Waals surface area (Å²) in [5.74, 6) is -3.40. The van der Waals surface area contributed by atoms with Crippen molar-refractivity contribution < 1.29 is 33.6 Å². The summed E-state index contributed by atoms with van der Waals surface area (Å²) in [4.78, 5) is 87.5. The highest BCUT2D eigenvalue weighted by molar-refractivity contribution is 8.13. The van der Waals surface area contributed by atoms with Crippen LogP contribution in [0.25, 0.3) is 0 Å². The van der Waals surface area contributed by atoms with Crippen molar-refractivity contribution in [1.29, 1.82) is 0 Å². The van der Waals surface area contributed by atoms with Crippen LogP contribution in [0.2, 0.25) is 0 Å². The fourth-order valence-electron chi connectivity index (χ4n) is 4.46. The molecule has 0 heterocycles. The van der Waals surface area contributed by atoms with E-state index >= 15 is 0 Å². The van der Waals surface area contributed by atoms with Gasteiger partial charge in [-0.2, -0.15) is 0 Å². The third kappa shape index (κ3) is 15.7. The molecule has 0 aliphatic heterocycles. The van der Waals surface area contributed by atoms with Gasteiger partial charge in [0.1, 0.15) is 12.1 Å². The van der Waals surface area contributed by atoms with E-state index in [4.69, 9.17) is 11.5 Å². The molecule has 0 fully saturated rings. The first-order valence-electron chi connectivity index (χ1n) is 15.5. The second-order valence-electron chi connectivity index (χ2n) is 11.4. The van der Waals surface area contributed by atoms with E-state index in [0.717, 1.165) is 22.9 Å². The van der Waals surface area contributed by atoms with Gasteiger partial charge in [-0.1, -0.05) is 86.3 Å². The fourth-order valence-corrected chi connectivity index (χ4v) is 5.32. The van der Waals surface area contributed by atoms with E-state index < -0.39 is 66.7 Å². The zero-order chi connectivity index (χ0) is 35.5. The van der Waals surface area contributed by atoms with Crippen LogP contribution in [-0.4, -0.2) is 84.1 Å². The van der Waals surface area contributed by atoms with E-state index in [-0.39, 0.29) is 42.6 Å². The maximum atomic E-state index is 13.4. The molecule has 6 amide bonds. The Bertz CT molecular complexity index is 1390. The van der Waals surface area contributed by atoms with Crippen LogP contribution in [0.4, 0.5) is 0 Å². The van der Waals surface area contributed by atoms with Gasteiger partial charge < -0.3 is 38.1 Å². The average Bonchev–Trinajstić information content (AvgIpc) is 3.05.